The fourth-order valence-corrected chi connectivity index (χ4v) is 0.663. The Kier molecular flexibility index (Phi) is 5.83. The summed E-state index contributed by atoms with van der Waals surface area (Å²) in [5.41, 5.74) is -0.245. The van der Waals surface area contributed by atoms with Gasteiger partial charge in [0, 0.05) is 11.8 Å². The van der Waals surface area contributed by atoms with Crippen LogP contribution < -0.4 is 0 Å². The highest BCUT2D eigenvalue weighted by Gasteiger charge is 2.11. The minimum absolute atomic E-state index is 0.222. The standard InChI is InChI=1S/C12H22O2/c1-10(2)7-8-11(3)9-13-14-12(4,5)6/h10-11H,9H2,1-6H3. The van der Waals surface area contributed by atoms with Crippen LogP contribution in [-0.4, -0.2) is 12.2 Å². The van der Waals surface area contributed by atoms with Crippen molar-refractivity contribution in [2.75, 3.05) is 6.61 Å². The fraction of sp³-hybridized carbons (Fsp3) is 0.833. The summed E-state index contributed by atoms with van der Waals surface area (Å²) in [6, 6.07) is 0. The summed E-state index contributed by atoms with van der Waals surface area (Å²) in [6.07, 6.45) is 0. The molecule has 0 bridgehead atoms. The maximum absolute atomic E-state index is 5.14. The Bertz CT molecular complexity index is 203. The Labute approximate surface area is 87.9 Å². The molecule has 1 unspecified atom stereocenters. The lowest BCUT2D eigenvalue weighted by molar-refractivity contribution is -0.351. The Balaban J connectivity index is 3.67. The van der Waals surface area contributed by atoms with E-state index in [0.29, 0.717) is 12.5 Å². The second-order valence-electron chi connectivity index (χ2n) is 4.82. The van der Waals surface area contributed by atoms with E-state index in [1.54, 1.807) is 0 Å². The largest absolute Gasteiger partial charge is 0.235 e. The van der Waals surface area contributed by atoms with Gasteiger partial charge in [-0.1, -0.05) is 19.8 Å². The highest BCUT2D eigenvalue weighted by Crippen LogP contribution is 2.08. The lowest BCUT2D eigenvalue weighted by Crippen LogP contribution is -2.21. The van der Waals surface area contributed by atoms with E-state index in [0.717, 1.165) is 0 Å². The van der Waals surface area contributed by atoms with Crippen molar-refractivity contribution in [3.63, 3.8) is 0 Å². The van der Waals surface area contributed by atoms with E-state index in [1.165, 1.54) is 0 Å². The smallest absolute Gasteiger partial charge is 0.0957 e. The van der Waals surface area contributed by atoms with E-state index in [2.05, 4.69) is 25.7 Å². The molecule has 0 aromatic carbocycles. The molecule has 0 aliphatic carbocycles. The van der Waals surface area contributed by atoms with Gasteiger partial charge in [-0.25, -0.2) is 9.78 Å². The van der Waals surface area contributed by atoms with E-state index in [9.17, 15) is 0 Å². The van der Waals surface area contributed by atoms with Crippen LogP contribution in [0, 0.1) is 23.7 Å². The lowest BCUT2D eigenvalue weighted by atomic mass is 10.1. The van der Waals surface area contributed by atoms with E-state index < -0.39 is 0 Å². The highest BCUT2D eigenvalue weighted by molar-refractivity contribution is 5.04. The third-order valence-electron chi connectivity index (χ3n) is 1.25. The van der Waals surface area contributed by atoms with Crippen molar-refractivity contribution in [1.29, 1.82) is 0 Å². The summed E-state index contributed by atoms with van der Waals surface area (Å²) in [7, 11) is 0. The minimum Gasteiger partial charge on any atom is -0.235 e. The first-order chi connectivity index (χ1) is 6.31. The summed E-state index contributed by atoms with van der Waals surface area (Å²) in [5, 5.41) is 0. The van der Waals surface area contributed by atoms with Crippen LogP contribution >= 0.6 is 0 Å². The van der Waals surface area contributed by atoms with Crippen molar-refractivity contribution in [2.45, 2.75) is 47.1 Å². The Hall–Kier alpha value is -0.520. The molecule has 2 heteroatoms. The Morgan fingerprint density at radius 3 is 2.07 bits per heavy atom. The third-order valence-corrected chi connectivity index (χ3v) is 1.25. The van der Waals surface area contributed by atoms with Gasteiger partial charge in [-0.05, 0) is 27.7 Å². The molecule has 0 amide bonds. The van der Waals surface area contributed by atoms with Crippen molar-refractivity contribution in [1.82, 2.24) is 0 Å². The third kappa shape index (κ3) is 9.57. The lowest BCUT2D eigenvalue weighted by Gasteiger charge is -2.18. The minimum atomic E-state index is -0.245. The van der Waals surface area contributed by atoms with Crippen LogP contribution in [0.15, 0.2) is 0 Å². The summed E-state index contributed by atoms with van der Waals surface area (Å²) in [4.78, 5) is 10.2. The van der Waals surface area contributed by atoms with Crippen LogP contribution in [-0.2, 0) is 9.78 Å². The van der Waals surface area contributed by atoms with Crippen molar-refractivity contribution in [2.24, 2.45) is 11.8 Å². The van der Waals surface area contributed by atoms with Gasteiger partial charge in [0.25, 0.3) is 0 Å². The van der Waals surface area contributed by atoms with Crippen LogP contribution in [0.25, 0.3) is 0 Å². The zero-order valence-electron chi connectivity index (χ0n) is 10.2. The maximum Gasteiger partial charge on any atom is 0.0957 e. The molecular formula is C12H22O2. The first-order valence-corrected chi connectivity index (χ1v) is 5.13. The molecule has 0 aliphatic heterocycles. The molecule has 0 radical (unpaired) electrons. The molecule has 0 saturated heterocycles. The summed E-state index contributed by atoms with van der Waals surface area (Å²) in [5.74, 6) is 6.86. The first-order valence-electron chi connectivity index (χ1n) is 5.13. The molecule has 0 aromatic rings. The maximum atomic E-state index is 5.14. The first kappa shape index (κ1) is 13.5. The molecule has 0 saturated carbocycles. The van der Waals surface area contributed by atoms with Gasteiger partial charge < -0.3 is 0 Å². The van der Waals surface area contributed by atoms with Gasteiger partial charge in [0.2, 0.25) is 0 Å². The summed E-state index contributed by atoms with van der Waals surface area (Å²) in [6.45, 7) is 12.6. The summed E-state index contributed by atoms with van der Waals surface area (Å²) >= 11 is 0. The molecule has 0 aliphatic rings. The number of hydrogen-bond donors (Lipinski definition) is 0. The van der Waals surface area contributed by atoms with Crippen LogP contribution in [0.1, 0.15) is 41.5 Å². The van der Waals surface area contributed by atoms with Gasteiger partial charge in [0.05, 0.1) is 12.2 Å². The molecule has 0 aromatic heterocycles. The predicted octanol–water partition coefficient (Wildman–Crippen LogP) is 3.03. The van der Waals surface area contributed by atoms with Crippen molar-refractivity contribution < 1.29 is 9.78 Å². The SMILES string of the molecule is CC(C)C#CC(C)COOC(C)(C)C. The molecule has 2 nitrogen and oxygen atoms in total. The molecule has 82 valence electrons. The van der Waals surface area contributed by atoms with Gasteiger partial charge in [-0.3, -0.25) is 0 Å². The normalized spacial score (nSPS) is 13.6. The van der Waals surface area contributed by atoms with Gasteiger partial charge >= 0.3 is 0 Å². The van der Waals surface area contributed by atoms with Gasteiger partial charge in [0.1, 0.15) is 0 Å². The van der Waals surface area contributed by atoms with E-state index in [1.807, 2.05) is 27.7 Å². The Morgan fingerprint density at radius 2 is 1.64 bits per heavy atom. The average molecular weight is 198 g/mol. The molecular weight excluding hydrogens is 176 g/mol. The molecule has 0 spiro atoms. The quantitative estimate of drug-likeness (QED) is 0.394. The predicted molar refractivity (Wildman–Crippen MR) is 58.6 cm³/mol. The van der Waals surface area contributed by atoms with Crippen LogP contribution in [0.5, 0.6) is 0 Å². The van der Waals surface area contributed by atoms with Crippen LogP contribution in [0.2, 0.25) is 0 Å². The fourth-order valence-electron chi connectivity index (χ4n) is 0.663. The molecule has 0 N–H and O–H groups in total. The van der Waals surface area contributed by atoms with E-state index >= 15 is 0 Å². The molecule has 1 atom stereocenters. The zero-order chi connectivity index (χ0) is 11.2. The zero-order valence-corrected chi connectivity index (χ0v) is 10.2. The molecule has 0 heterocycles. The Morgan fingerprint density at radius 1 is 1.07 bits per heavy atom. The van der Waals surface area contributed by atoms with Crippen LogP contribution in [0.4, 0.5) is 0 Å². The molecule has 14 heavy (non-hydrogen) atoms. The second-order valence-corrected chi connectivity index (χ2v) is 4.82. The monoisotopic (exact) mass is 198 g/mol. The van der Waals surface area contributed by atoms with E-state index in [-0.39, 0.29) is 11.5 Å². The number of hydrogen-bond acceptors (Lipinski definition) is 2. The molecule has 0 rings (SSSR count). The van der Waals surface area contributed by atoms with E-state index in [4.69, 9.17) is 9.78 Å². The van der Waals surface area contributed by atoms with Crippen molar-refractivity contribution in [3.05, 3.63) is 0 Å². The average Bonchev–Trinajstić information content (AvgIpc) is 1.98. The van der Waals surface area contributed by atoms with Gasteiger partial charge in [-0.15, -0.1) is 5.92 Å². The van der Waals surface area contributed by atoms with Gasteiger partial charge in [-0.2, -0.15) is 0 Å². The summed E-state index contributed by atoms with van der Waals surface area (Å²) < 4.78 is 0. The van der Waals surface area contributed by atoms with Crippen LogP contribution in [0.3, 0.4) is 0 Å². The highest BCUT2D eigenvalue weighted by atomic mass is 17.2. The number of rotatable bonds is 3. The molecule has 0 fully saturated rings. The van der Waals surface area contributed by atoms with Gasteiger partial charge in [0.15, 0.2) is 0 Å². The topological polar surface area (TPSA) is 18.5 Å². The second kappa shape index (κ2) is 6.06. The van der Waals surface area contributed by atoms with Crippen molar-refractivity contribution in [3.8, 4) is 11.8 Å². The van der Waals surface area contributed by atoms with Crippen molar-refractivity contribution >= 4 is 0 Å².